The first-order valence-electron chi connectivity index (χ1n) is 9.27. The summed E-state index contributed by atoms with van der Waals surface area (Å²) in [5.41, 5.74) is 2.96. The molecule has 4 rings (SSSR count). The van der Waals surface area contributed by atoms with Crippen LogP contribution >= 0.6 is 0 Å². The third-order valence-corrected chi connectivity index (χ3v) is 4.89. The number of carbonyl (C=O) groups excluding carboxylic acids is 1. The minimum atomic E-state index is -0.297. The van der Waals surface area contributed by atoms with Crippen LogP contribution in [-0.4, -0.2) is 29.1 Å². The molecule has 1 aliphatic heterocycles. The van der Waals surface area contributed by atoms with E-state index in [2.05, 4.69) is 25.5 Å². The standard InChI is InChI=1S/C21H23N5O/c1-14-19(15(2)23-20(22-14)26-11-5-6-12-26)25-21(27)24-18-10-9-16-7-3-4-8-17(16)13-18/h3-4,7-10,13H,5-6,11-12H2,1-2H3,(H2,24,25,27). The Labute approximate surface area is 158 Å². The molecule has 3 aromatic rings. The Bertz CT molecular complexity index is 972. The minimum absolute atomic E-state index is 0.297. The van der Waals surface area contributed by atoms with E-state index in [0.717, 1.165) is 46.9 Å². The monoisotopic (exact) mass is 361 g/mol. The molecule has 1 saturated heterocycles. The first-order valence-corrected chi connectivity index (χ1v) is 9.27. The van der Waals surface area contributed by atoms with Crippen molar-refractivity contribution < 1.29 is 4.79 Å². The van der Waals surface area contributed by atoms with Gasteiger partial charge in [-0.1, -0.05) is 30.3 Å². The van der Waals surface area contributed by atoms with E-state index >= 15 is 0 Å². The van der Waals surface area contributed by atoms with Crippen molar-refractivity contribution in [1.82, 2.24) is 9.97 Å². The second-order valence-corrected chi connectivity index (χ2v) is 6.90. The van der Waals surface area contributed by atoms with Crippen LogP contribution in [0.25, 0.3) is 10.8 Å². The highest BCUT2D eigenvalue weighted by molar-refractivity contribution is 6.01. The summed E-state index contributed by atoms with van der Waals surface area (Å²) in [7, 11) is 0. The minimum Gasteiger partial charge on any atom is -0.341 e. The van der Waals surface area contributed by atoms with Gasteiger partial charge in [-0.05, 0) is 49.6 Å². The van der Waals surface area contributed by atoms with E-state index in [1.807, 2.05) is 56.3 Å². The normalized spacial score (nSPS) is 13.8. The third kappa shape index (κ3) is 3.69. The second-order valence-electron chi connectivity index (χ2n) is 6.90. The number of carbonyl (C=O) groups is 1. The number of aromatic nitrogens is 2. The molecule has 1 aromatic heterocycles. The molecular formula is C21H23N5O. The molecule has 2 N–H and O–H groups in total. The van der Waals surface area contributed by atoms with Crippen LogP contribution in [-0.2, 0) is 0 Å². The zero-order valence-electron chi connectivity index (χ0n) is 15.6. The van der Waals surface area contributed by atoms with Gasteiger partial charge in [0.05, 0.1) is 17.1 Å². The fraction of sp³-hybridized carbons (Fsp3) is 0.286. The molecule has 2 amide bonds. The number of anilines is 3. The number of benzene rings is 2. The number of nitrogens with zero attached hydrogens (tertiary/aromatic N) is 3. The molecule has 0 spiro atoms. The average Bonchev–Trinajstić information content (AvgIpc) is 3.19. The molecule has 6 heteroatoms. The van der Waals surface area contributed by atoms with Crippen molar-refractivity contribution in [3.8, 4) is 0 Å². The Hall–Kier alpha value is -3.15. The van der Waals surface area contributed by atoms with Crippen LogP contribution in [0.3, 0.4) is 0 Å². The lowest BCUT2D eigenvalue weighted by molar-refractivity contribution is 0.262. The molecule has 0 aliphatic carbocycles. The van der Waals surface area contributed by atoms with Gasteiger partial charge in [-0.3, -0.25) is 0 Å². The van der Waals surface area contributed by atoms with E-state index in [1.165, 1.54) is 12.8 Å². The molecule has 6 nitrogen and oxygen atoms in total. The lowest BCUT2D eigenvalue weighted by atomic mass is 10.1. The predicted octanol–water partition coefficient (Wildman–Crippen LogP) is 4.49. The number of rotatable bonds is 3. The van der Waals surface area contributed by atoms with Crippen LogP contribution in [0, 0.1) is 13.8 Å². The zero-order valence-corrected chi connectivity index (χ0v) is 15.6. The maximum atomic E-state index is 12.5. The highest BCUT2D eigenvalue weighted by atomic mass is 16.2. The molecule has 1 fully saturated rings. The van der Waals surface area contributed by atoms with Gasteiger partial charge < -0.3 is 15.5 Å². The SMILES string of the molecule is Cc1nc(N2CCCC2)nc(C)c1NC(=O)Nc1ccc2ccccc2c1. The Balaban J connectivity index is 1.50. The molecule has 2 heterocycles. The Morgan fingerprint density at radius 2 is 1.59 bits per heavy atom. The first-order chi connectivity index (χ1) is 13.1. The fourth-order valence-electron chi connectivity index (χ4n) is 3.48. The molecule has 0 bridgehead atoms. The second kappa shape index (κ2) is 7.23. The van der Waals surface area contributed by atoms with Crippen LogP contribution in [0.1, 0.15) is 24.2 Å². The number of urea groups is 1. The summed E-state index contributed by atoms with van der Waals surface area (Å²) < 4.78 is 0. The quantitative estimate of drug-likeness (QED) is 0.721. The number of amides is 2. The maximum Gasteiger partial charge on any atom is 0.323 e. The summed E-state index contributed by atoms with van der Waals surface area (Å²) in [6.07, 6.45) is 2.35. The van der Waals surface area contributed by atoms with Crippen LogP contribution in [0.5, 0.6) is 0 Å². The van der Waals surface area contributed by atoms with Crippen molar-refractivity contribution in [2.24, 2.45) is 0 Å². The van der Waals surface area contributed by atoms with Crippen LogP contribution in [0.2, 0.25) is 0 Å². The number of hydrogen-bond acceptors (Lipinski definition) is 4. The lowest BCUT2D eigenvalue weighted by Gasteiger charge is -2.18. The predicted molar refractivity (Wildman–Crippen MR) is 110 cm³/mol. The van der Waals surface area contributed by atoms with E-state index in [9.17, 15) is 4.79 Å². The van der Waals surface area contributed by atoms with E-state index in [0.29, 0.717) is 5.69 Å². The smallest absolute Gasteiger partial charge is 0.323 e. The molecular weight excluding hydrogens is 338 g/mol. The summed E-state index contributed by atoms with van der Waals surface area (Å²) in [5.74, 6) is 0.753. The van der Waals surface area contributed by atoms with Gasteiger partial charge in [0.25, 0.3) is 0 Å². The van der Waals surface area contributed by atoms with Gasteiger partial charge >= 0.3 is 6.03 Å². The van der Waals surface area contributed by atoms with Crippen LogP contribution in [0.4, 0.5) is 22.1 Å². The molecule has 0 saturated carbocycles. The van der Waals surface area contributed by atoms with Gasteiger partial charge in [-0.25, -0.2) is 14.8 Å². The summed E-state index contributed by atoms with van der Waals surface area (Å²) in [6, 6.07) is 13.6. The van der Waals surface area contributed by atoms with Gasteiger partial charge in [0.2, 0.25) is 5.95 Å². The third-order valence-electron chi connectivity index (χ3n) is 4.89. The van der Waals surface area contributed by atoms with E-state index in [4.69, 9.17) is 0 Å². The number of fused-ring (bicyclic) bond motifs is 1. The van der Waals surface area contributed by atoms with Gasteiger partial charge in [-0.15, -0.1) is 0 Å². The van der Waals surface area contributed by atoms with Crippen LogP contribution < -0.4 is 15.5 Å². The topological polar surface area (TPSA) is 70.2 Å². The molecule has 0 radical (unpaired) electrons. The van der Waals surface area contributed by atoms with Crippen LogP contribution in [0.15, 0.2) is 42.5 Å². The lowest BCUT2D eigenvalue weighted by Crippen LogP contribution is -2.24. The van der Waals surface area contributed by atoms with E-state index in [1.54, 1.807) is 0 Å². The summed E-state index contributed by atoms with van der Waals surface area (Å²) >= 11 is 0. The highest BCUT2D eigenvalue weighted by Crippen LogP contribution is 2.23. The van der Waals surface area contributed by atoms with Crippen molar-refractivity contribution >= 4 is 34.1 Å². The number of aryl methyl sites for hydroxylation is 2. The van der Waals surface area contributed by atoms with Gasteiger partial charge in [0.1, 0.15) is 0 Å². The maximum absolute atomic E-state index is 12.5. The molecule has 138 valence electrons. The zero-order chi connectivity index (χ0) is 18.8. The average molecular weight is 361 g/mol. The van der Waals surface area contributed by atoms with Gasteiger partial charge in [-0.2, -0.15) is 0 Å². The molecule has 1 aliphatic rings. The molecule has 0 unspecified atom stereocenters. The van der Waals surface area contributed by atoms with Crippen molar-refractivity contribution in [3.63, 3.8) is 0 Å². The summed E-state index contributed by atoms with van der Waals surface area (Å²) in [6.45, 7) is 5.79. The Morgan fingerprint density at radius 3 is 2.30 bits per heavy atom. The van der Waals surface area contributed by atoms with E-state index in [-0.39, 0.29) is 6.03 Å². The van der Waals surface area contributed by atoms with Crippen molar-refractivity contribution in [3.05, 3.63) is 53.9 Å². The van der Waals surface area contributed by atoms with Gasteiger partial charge in [0.15, 0.2) is 0 Å². The van der Waals surface area contributed by atoms with Crippen molar-refractivity contribution in [2.75, 3.05) is 28.6 Å². The number of nitrogens with one attached hydrogen (secondary N) is 2. The molecule has 0 atom stereocenters. The highest BCUT2D eigenvalue weighted by Gasteiger charge is 2.18. The van der Waals surface area contributed by atoms with Gasteiger partial charge in [0, 0.05) is 18.8 Å². The largest absolute Gasteiger partial charge is 0.341 e. The van der Waals surface area contributed by atoms with E-state index < -0.39 is 0 Å². The molecule has 2 aromatic carbocycles. The summed E-state index contributed by atoms with van der Waals surface area (Å²) in [5, 5.41) is 8.01. The number of hydrogen-bond donors (Lipinski definition) is 2. The Kier molecular flexibility index (Phi) is 4.62. The van der Waals surface area contributed by atoms with Crippen molar-refractivity contribution in [2.45, 2.75) is 26.7 Å². The van der Waals surface area contributed by atoms with Crippen molar-refractivity contribution in [1.29, 1.82) is 0 Å². The Morgan fingerprint density at radius 1 is 0.926 bits per heavy atom. The first kappa shape index (κ1) is 17.3. The molecule has 27 heavy (non-hydrogen) atoms. The fourth-order valence-corrected chi connectivity index (χ4v) is 3.48. The summed E-state index contributed by atoms with van der Waals surface area (Å²) in [4.78, 5) is 23.8.